The molecule has 1 aliphatic heterocycles. The van der Waals surface area contributed by atoms with E-state index in [2.05, 4.69) is 15.5 Å². The van der Waals surface area contributed by atoms with Gasteiger partial charge in [0.15, 0.2) is 0 Å². The van der Waals surface area contributed by atoms with Gasteiger partial charge in [0, 0.05) is 26.1 Å². The molecule has 1 amide bonds. The number of nitrogens with zero attached hydrogens (tertiary/aromatic N) is 3. The van der Waals surface area contributed by atoms with Crippen LogP contribution in [0.15, 0.2) is 4.34 Å². The zero-order chi connectivity index (χ0) is 13.3. The number of sulfonamides is 1. The molecule has 1 atom stereocenters. The molecule has 0 unspecified atom stereocenters. The van der Waals surface area contributed by atoms with E-state index in [1.165, 1.54) is 11.2 Å². The van der Waals surface area contributed by atoms with E-state index in [1.54, 1.807) is 0 Å². The molecule has 18 heavy (non-hydrogen) atoms. The Morgan fingerprint density at radius 2 is 2.28 bits per heavy atom. The lowest BCUT2D eigenvalue weighted by Gasteiger charge is -2.12. The molecule has 10 heteroatoms. The first kappa shape index (κ1) is 13.3. The first-order chi connectivity index (χ1) is 8.39. The van der Waals surface area contributed by atoms with Gasteiger partial charge < -0.3 is 11.1 Å². The minimum atomic E-state index is -3.64. The first-order valence-corrected chi connectivity index (χ1v) is 7.52. The monoisotopic (exact) mass is 291 g/mol. The van der Waals surface area contributed by atoms with Gasteiger partial charge in [0.05, 0.1) is 0 Å². The van der Waals surface area contributed by atoms with Crippen LogP contribution in [-0.4, -0.2) is 48.0 Å². The third-order valence-electron chi connectivity index (χ3n) is 2.44. The van der Waals surface area contributed by atoms with E-state index in [9.17, 15) is 13.2 Å². The van der Waals surface area contributed by atoms with E-state index in [1.807, 2.05) is 0 Å². The van der Waals surface area contributed by atoms with Gasteiger partial charge in [-0.25, -0.2) is 8.42 Å². The molecule has 0 aromatic carbocycles. The summed E-state index contributed by atoms with van der Waals surface area (Å²) in [6, 6.07) is -0.137. The molecule has 0 radical (unpaired) electrons. The van der Waals surface area contributed by atoms with Crippen LogP contribution >= 0.6 is 11.3 Å². The summed E-state index contributed by atoms with van der Waals surface area (Å²) in [7, 11) is -3.64. The molecule has 3 N–H and O–H groups in total. The Labute approximate surface area is 108 Å². The molecule has 0 saturated carbocycles. The Balaban J connectivity index is 2.20. The molecule has 1 fully saturated rings. The van der Waals surface area contributed by atoms with E-state index < -0.39 is 10.0 Å². The van der Waals surface area contributed by atoms with Gasteiger partial charge in [0.2, 0.25) is 15.4 Å². The van der Waals surface area contributed by atoms with Crippen molar-refractivity contribution in [2.24, 2.45) is 5.73 Å². The number of carbonyl (C=O) groups is 1. The summed E-state index contributed by atoms with van der Waals surface area (Å²) in [5.41, 5.74) is 5.68. The zero-order valence-corrected chi connectivity index (χ0v) is 11.3. The highest BCUT2D eigenvalue weighted by atomic mass is 32.2. The molecular formula is C8H13N5O3S2. The highest BCUT2D eigenvalue weighted by Gasteiger charge is 2.33. The maximum atomic E-state index is 12.1. The Morgan fingerprint density at radius 1 is 1.56 bits per heavy atom. The lowest BCUT2D eigenvalue weighted by molar-refractivity contribution is -0.114. The molecule has 2 heterocycles. The number of aromatic nitrogens is 2. The molecule has 0 spiro atoms. The van der Waals surface area contributed by atoms with Crippen molar-refractivity contribution in [2.45, 2.75) is 23.7 Å². The average Bonchev–Trinajstić information content (AvgIpc) is 2.86. The number of amides is 1. The highest BCUT2D eigenvalue weighted by Crippen LogP contribution is 2.25. The van der Waals surface area contributed by atoms with Gasteiger partial charge >= 0.3 is 0 Å². The van der Waals surface area contributed by atoms with Crippen molar-refractivity contribution >= 4 is 32.4 Å². The van der Waals surface area contributed by atoms with Crippen LogP contribution in [0.2, 0.25) is 0 Å². The van der Waals surface area contributed by atoms with Crippen LogP contribution in [-0.2, 0) is 14.8 Å². The summed E-state index contributed by atoms with van der Waals surface area (Å²) < 4.78 is 25.5. The third kappa shape index (κ3) is 2.66. The quantitative estimate of drug-likeness (QED) is 0.705. The topological polar surface area (TPSA) is 118 Å². The number of rotatable bonds is 3. The Kier molecular flexibility index (Phi) is 3.61. The van der Waals surface area contributed by atoms with Crippen molar-refractivity contribution in [3.63, 3.8) is 0 Å². The molecule has 8 nitrogen and oxygen atoms in total. The number of nitrogens with one attached hydrogen (secondary N) is 1. The van der Waals surface area contributed by atoms with Crippen LogP contribution in [0, 0.1) is 0 Å². The van der Waals surface area contributed by atoms with Gasteiger partial charge in [-0.05, 0) is 6.42 Å². The third-order valence-corrected chi connectivity index (χ3v) is 5.49. The standard InChI is InChI=1S/C8H13N5O3S2/c1-5(14)10-7-11-12-8(17-7)18(15,16)13-3-2-6(9)4-13/h6H,2-4,9H2,1H3,(H,10,11,14)/t6-/m0/s1. The van der Waals surface area contributed by atoms with Crippen molar-refractivity contribution in [1.29, 1.82) is 0 Å². The van der Waals surface area contributed by atoms with Gasteiger partial charge in [-0.1, -0.05) is 11.3 Å². The SMILES string of the molecule is CC(=O)Nc1nnc(S(=O)(=O)N2CC[C@H](N)C2)s1. The highest BCUT2D eigenvalue weighted by molar-refractivity contribution is 7.91. The summed E-state index contributed by atoms with van der Waals surface area (Å²) in [6.07, 6.45) is 0.636. The minimum Gasteiger partial charge on any atom is -0.326 e. The maximum absolute atomic E-state index is 12.1. The van der Waals surface area contributed by atoms with E-state index >= 15 is 0 Å². The van der Waals surface area contributed by atoms with E-state index in [0.29, 0.717) is 13.0 Å². The summed E-state index contributed by atoms with van der Waals surface area (Å²) in [5.74, 6) is -0.321. The first-order valence-electron chi connectivity index (χ1n) is 5.26. The summed E-state index contributed by atoms with van der Waals surface area (Å²) in [6.45, 7) is 1.99. The van der Waals surface area contributed by atoms with E-state index in [-0.39, 0.29) is 28.0 Å². The van der Waals surface area contributed by atoms with Gasteiger partial charge in [0.25, 0.3) is 10.0 Å². The fourth-order valence-electron chi connectivity index (χ4n) is 1.60. The van der Waals surface area contributed by atoms with Crippen LogP contribution in [0.25, 0.3) is 0 Å². The van der Waals surface area contributed by atoms with Crippen molar-refractivity contribution in [2.75, 3.05) is 18.4 Å². The van der Waals surface area contributed by atoms with Crippen molar-refractivity contribution < 1.29 is 13.2 Å². The van der Waals surface area contributed by atoms with Crippen molar-refractivity contribution in [3.8, 4) is 0 Å². The predicted octanol–water partition coefficient (Wildman–Crippen LogP) is -0.782. The van der Waals surface area contributed by atoms with Crippen LogP contribution in [0.1, 0.15) is 13.3 Å². The fourth-order valence-corrected chi connectivity index (χ4v) is 4.19. The maximum Gasteiger partial charge on any atom is 0.272 e. The van der Waals surface area contributed by atoms with Crippen molar-refractivity contribution in [1.82, 2.24) is 14.5 Å². The largest absolute Gasteiger partial charge is 0.326 e. The zero-order valence-electron chi connectivity index (χ0n) is 9.66. The van der Waals surface area contributed by atoms with Crippen LogP contribution in [0.4, 0.5) is 5.13 Å². The molecule has 100 valence electrons. The Bertz CT molecular complexity index is 555. The van der Waals surface area contributed by atoms with Crippen molar-refractivity contribution in [3.05, 3.63) is 0 Å². The predicted molar refractivity (Wildman–Crippen MR) is 65.6 cm³/mol. The normalized spacial score (nSPS) is 21.1. The van der Waals surface area contributed by atoms with Gasteiger partial charge in [-0.15, -0.1) is 10.2 Å². The molecule has 0 bridgehead atoms. The molecule has 1 saturated heterocycles. The molecule has 2 rings (SSSR count). The molecule has 1 aromatic rings. The van der Waals surface area contributed by atoms with Gasteiger partial charge in [-0.2, -0.15) is 4.31 Å². The molecule has 1 aromatic heterocycles. The summed E-state index contributed by atoms with van der Waals surface area (Å²) in [5, 5.41) is 9.77. The smallest absolute Gasteiger partial charge is 0.272 e. The number of anilines is 1. The molecular weight excluding hydrogens is 278 g/mol. The van der Waals surface area contributed by atoms with Gasteiger partial charge in [0.1, 0.15) is 0 Å². The van der Waals surface area contributed by atoms with Gasteiger partial charge in [-0.3, -0.25) is 4.79 Å². The lowest BCUT2D eigenvalue weighted by atomic mass is 10.3. The molecule has 0 aliphatic carbocycles. The van der Waals surface area contributed by atoms with Crippen LogP contribution in [0.5, 0.6) is 0 Å². The van der Waals surface area contributed by atoms with E-state index in [4.69, 9.17) is 5.73 Å². The van der Waals surface area contributed by atoms with Crippen LogP contribution in [0.3, 0.4) is 0 Å². The minimum absolute atomic E-state index is 0.125. The fraction of sp³-hybridized carbons (Fsp3) is 0.625. The average molecular weight is 291 g/mol. The Morgan fingerprint density at radius 3 is 2.83 bits per heavy atom. The second-order valence-corrected chi connectivity index (χ2v) is 7.06. The number of carbonyl (C=O) groups excluding carboxylic acids is 1. The second-order valence-electron chi connectivity index (χ2n) is 3.97. The second kappa shape index (κ2) is 4.88. The lowest BCUT2D eigenvalue weighted by Crippen LogP contribution is -2.31. The number of nitrogens with two attached hydrogens (primary N) is 1. The summed E-state index contributed by atoms with van der Waals surface area (Å²) in [4.78, 5) is 10.8. The van der Waals surface area contributed by atoms with E-state index in [0.717, 1.165) is 11.3 Å². The molecule has 1 aliphatic rings. The number of hydrogen-bond donors (Lipinski definition) is 2. The Hall–Kier alpha value is -1.10. The summed E-state index contributed by atoms with van der Waals surface area (Å²) >= 11 is 0.832. The number of hydrogen-bond acceptors (Lipinski definition) is 7. The van der Waals surface area contributed by atoms with Crippen LogP contribution < -0.4 is 11.1 Å².